The molecular weight excluding hydrogens is 256 g/mol. The molecule has 2 saturated heterocycles. The minimum absolute atomic E-state index is 0.267. The molecule has 2 aliphatic heterocycles. The zero-order valence-electron chi connectivity index (χ0n) is 11.8. The zero-order chi connectivity index (χ0) is 13.3. The molecule has 3 fully saturated rings. The Morgan fingerprint density at radius 3 is 2.74 bits per heavy atom. The van der Waals surface area contributed by atoms with Crippen LogP contribution in [0.3, 0.4) is 0 Å². The van der Waals surface area contributed by atoms with Crippen molar-refractivity contribution in [3.05, 3.63) is 0 Å². The minimum atomic E-state index is 0.267. The van der Waals surface area contributed by atoms with E-state index in [0.717, 1.165) is 13.1 Å². The topological polar surface area (TPSA) is 38.5 Å². The lowest BCUT2D eigenvalue weighted by Crippen LogP contribution is -2.44. The van der Waals surface area contributed by atoms with Crippen molar-refractivity contribution < 1.29 is 4.74 Å². The number of hydrogen-bond donors (Lipinski definition) is 1. The number of nitrogens with zero attached hydrogens (tertiary/aromatic N) is 1. The van der Waals surface area contributed by atoms with Crippen molar-refractivity contribution in [2.75, 3.05) is 19.6 Å². The quantitative estimate of drug-likeness (QED) is 0.807. The number of hydrogen-bond acceptors (Lipinski definition) is 3. The van der Waals surface area contributed by atoms with Crippen LogP contribution in [0.2, 0.25) is 0 Å². The van der Waals surface area contributed by atoms with E-state index in [9.17, 15) is 0 Å². The maximum Gasteiger partial charge on any atom is 0.0771 e. The van der Waals surface area contributed by atoms with Gasteiger partial charge in [0.1, 0.15) is 0 Å². The van der Waals surface area contributed by atoms with Gasteiger partial charge in [-0.2, -0.15) is 0 Å². The summed E-state index contributed by atoms with van der Waals surface area (Å²) in [6.07, 6.45) is 10.7. The molecule has 2 heterocycles. The van der Waals surface area contributed by atoms with Gasteiger partial charge in [0, 0.05) is 19.0 Å². The van der Waals surface area contributed by atoms with Crippen molar-refractivity contribution in [1.82, 2.24) is 4.90 Å². The fourth-order valence-corrected chi connectivity index (χ4v) is 4.35. The number of rotatable bonds is 3. The molecule has 0 amide bonds. The molecule has 0 radical (unpaired) electrons. The summed E-state index contributed by atoms with van der Waals surface area (Å²) in [6, 6.07) is 0. The van der Waals surface area contributed by atoms with Crippen LogP contribution >= 0.6 is 12.2 Å². The highest BCUT2D eigenvalue weighted by molar-refractivity contribution is 7.80. The smallest absolute Gasteiger partial charge is 0.0771 e. The monoisotopic (exact) mass is 282 g/mol. The van der Waals surface area contributed by atoms with Crippen LogP contribution in [-0.4, -0.2) is 41.2 Å². The SMILES string of the molecule is NC(=S)C1CCCN(CC2CCC3(CCCC3)O2)C1. The first-order valence-electron chi connectivity index (χ1n) is 7.86. The summed E-state index contributed by atoms with van der Waals surface area (Å²) in [7, 11) is 0. The van der Waals surface area contributed by atoms with Gasteiger partial charge in [0.15, 0.2) is 0 Å². The van der Waals surface area contributed by atoms with E-state index < -0.39 is 0 Å². The lowest BCUT2D eigenvalue weighted by atomic mass is 9.97. The van der Waals surface area contributed by atoms with Gasteiger partial charge in [-0.05, 0) is 45.1 Å². The number of piperidine rings is 1. The van der Waals surface area contributed by atoms with Crippen LogP contribution in [0, 0.1) is 5.92 Å². The van der Waals surface area contributed by atoms with Gasteiger partial charge in [-0.15, -0.1) is 0 Å². The van der Waals surface area contributed by atoms with Gasteiger partial charge in [0.05, 0.1) is 16.7 Å². The molecule has 4 heteroatoms. The summed E-state index contributed by atoms with van der Waals surface area (Å²) < 4.78 is 6.40. The van der Waals surface area contributed by atoms with E-state index >= 15 is 0 Å². The molecule has 2 atom stereocenters. The van der Waals surface area contributed by atoms with E-state index in [2.05, 4.69) is 4.90 Å². The summed E-state index contributed by atoms with van der Waals surface area (Å²) in [6.45, 7) is 3.31. The minimum Gasteiger partial charge on any atom is -0.393 e. The third-order valence-corrected chi connectivity index (χ3v) is 5.56. The molecule has 3 nitrogen and oxygen atoms in total. The normalized spacial score (nSPS) is 34.9. The van der Waals surface area contributed by atoms with E-state index in [0.29, 0.717) is 17.0 Å². The number of ether oxygens (including phenoxy) is 1. The maximum atomic E-state index is 6.40. The second-order valence-corrected chi connectivity index (χ2v) is 7.14. The first kappa shape index (κ1) is 13.8. The van der Waals surface area contributed by atoms with Crippen molar-refractivity contribution >= 4 is 17.2 Å². The van der Waals surface area contributed by atoms with Crippen LogP contribution in [0.1, 0.15) is 51.4 Å². The highest BCUT2D eigenvalue weighted by Crippen LogP contribution is 2.43. The van der Waals surface area contributed by atoms with Crippen LogP contribution in [0.5, 0.6) is 0 Å². The molecule has 0 aromatic rings. The summed E-state index contributed by atoms with van der Waals surface area (Å²) in [5.74, 6) is 0.422. The van der Waals surface area contributed by atoms with Crippen LogP contribution in [-0.2, 0) is 4.74 Å². The fourth-order valence-electron chi connectivity index (χ4n) is 4.15. The van der Waals surface area contributed by atoms with Gasteiger partial charge in [-0.1, -0.05) is 25.1 Å². The third-order valence-electron chi connectivity index (χ3n) is 5.22. The average Bonchev–Trinajstić information content (AvgIpc) is 3.01. The van der Waals surface area contributed by atoms with E-state index in [4.69, 9.17) is 22.7 Å². The van der Waals surface area contributed by atoms with E-state index in [1.807, 2.05) is 0 Å². The highest BCUT2D eigenvalue weighted by atomic mass is 32.1. The predicted molar refractivity (Wildman–Crippen MR) is 81.3 cm³/mol. The molecule has 0 bridgehead atoms. The van der Waals surface area contributed by atoms with Gasteiger partial charge in [0.25, 0.3) is 0 Å². The van der Waals surface area contributed by atoms with E-state index in [-0.39, 0.29) is 5.60 Å². The maximum absolute atomic E-state index is 6.40. The Bertz CT molecular complexity index is 341. The van der Waals surface area contributed by atoms with Crippen molar-refractivity contribution in [2.24, 2.45) is 11.7 Å². The van der Waals surface area contributed by atoms with Gasteiger partial charge >= 0.3 is 0 Å². The number of nitrogens with two attached hydrogens (primary N) is 1. The molecule has 1 aliphatic carbocycles. The van der Waals surface area contributed by atoms with E-state index in [1.54, 1.807) is 0 Å². The molecule has 3 rings (SSSR count). The summed E-state index contributed by atoms with van der Waals surface area (Å²) >= 11 is 5.15. The summed E-state index contributed by atoms with van der Waals surface area (Å²) in [4.78, 5) is 3.22. The predicted octanol–water partition coefficient (Wildman–Crippen LogP) is 2.48. The van der Waals surface area contributed by atoms with Gasteiger partial charge < -0.3 is 15.4 Å². The molecule has 108 valence electrons. The number of thiocarbonyl (C=S) groups is 1. The molecule has 0 aromatic heterocycles. The van der Waals surface area contributed by atoms with Crippen molar-refractivity contribution in [2.45, 2.75) is 63.1 Å². The molecule has 0 aromatic carbocycles. The van der Waals surface area contributed by atoms with Crippen LogP contribution in [0.25, 0.3) is 0 Å². The molecule has 1 saturated carbocycles. The Morgan fingerprint density at radius 2 is 2.00 bits per heavy atom. The Balaban J connectivity index is 1.50. The molecule has 2 unspecified atom stereocenters. The standard InChI is InChI=1S/C15H26N2OS/c16-14(19)12-4-3-9-17(10-12)11-13-5-8-15(18-13)6-1-2-7-15/h12-13H,1-11H2,(H2,16,19). The molecule has 3 aliphatic rings. The van der Waals surface area contributed by atoms with Crippen molar-refractivity contribution in [1.29, 1.82) is 0 Å². The van der Waals surface area contributed by atoms with Crippen molar-refractivity contribution in [3.63, 3.8) is 0 Å². The van der Waals surface area contributed by atoms with Gasteiger partial charge in [0.2, 0.25) is 0 Å². The lowest BCUT2D eigenvalue weighted by Gasteiger charge is -2.34. The Morgan fingerprint density at radius 1 is 1.21 bits per heavy atom. The first-order chi connectivity index (χ1) is 9.17. The summed E-state index contributed by atoms with van der Waals surface area (Å²) in [5.41, 5.74) is 6.07. The van der Waals surface area contributed by atoms with Gasteiger partial charge in [-0.3, -0.25) is 0 Å². The largest absolute Gasteiger partial charge is 0.393 e. The molecule has 1 spiro atoms. The molecular formula is C15H26N2OS. The zero-order valence-corrected chi connectivity index (χ0v) is 12.6. The number of likely N-dealkylation sites (tertiary alicyclic amines) is 1. The second-order valence-electron chi connectivity index (χ2n) is 6.67. The first-order valence-corrected chi connectivity index (χ1v) is 8.27. The van der Waals surface area contributed by atoms with Gasteiger partial charge in [-0.25, -0.2) is 0 Å². The Hall–Kier alpha value is -0.190. The highest BCUT2D eigenvalue weighted by Gasteiger charge is 2.42. The lowest BCUT2D eigenvalue weighted by molar-refractivity contribution is -0.0495. The average molecular weight is 282 g/mol. The van der Waals surface area contributed by atoms with Crippen LogP contribution < -0.4 is 5.73 Å². The van der Waals surface area contributed by atoms with E-state index in [1.165, 1.54) is 57.9 Å². The molecule has 19 heavy (non-hydrogen) atoms. The third kappa shape index (κ3) is 3.11. The second kappa shape index (κ2) is 5.66. The summed E-state index contributed by atoms with van der Waals surface area (Å²) in [5, 5.41) is 0. The van der Waals surface area contributed by atoms with Crippen LogP contribution in [0.15, 0.2) is 0 Å². The Labute approximate surface area is 121 Å². The van der Waals surface area contributed by atoms with Crippen molar-refractivity contribution in [3.8, 4) is 0 Å². The van der Waals surface area contributed by atoms with Crippen LogP contribution in [0.4, 0.5) is 0 Å². The Kier molecular flexibility index (Phi) is 4.11. The molecule has 2 N–H and O–H groups in total. The fraction of sp³-hybridized carbons (Fsp3) is 0.933.